The third-order valence-corrected chi connectivity index (χ3v) is 6.49. The van der Waals surface area contributed by atoms with Crippen molar-refractivity contribution in [3.05, 3.63) is 120 Å². The average molecular weight is 482 g/mol. The van der Waals surface area contributed by atoms with Gasteiger partial charge >= 0.3 is 12.1 Å². The summed E-state index contributed by atoms with van der Waals surface area (Å²) < 4.78 is 19.7. The fourth-order valence-corrected chi connectivity index (χ4v) is 4.78. The number of carbonyl (C=O) groups excluding carboxylic acids is 1. The lowest BCUT2D eigenvalue weighted by atomic mass is 9.98. The van der Waals surface area contributed by atoms with Crippen LogP contribution in [0.1, 0.15) is 22.6 Å². The molecule has 0 radical (unpaired) electrons. The van der Waals surface area contributed by atoms with Gasteiger partial charge in [-0.05, 0) is 39.4 Å². The number of carbonyl (C=O) groups is 2. The molecule has 2 N–H and O–H groups in total. The molecule has 0 aliphatic heterocycles. The van der Waals surface area contributed by atoms with Crippen molar-refractivity contribution in [3.8, 4) is 22.3 Å². The van der Waals surface area contributed by atoms with E-state index in [0.29, 0.717) is 16.7 Å². The van der Waals surface area contributed by atoms with Gasteiger partial charge in [0.05, 0.1) is 0 Å². The second-order valence-electron chi connectivity index (χ2n) is 8.75. The van der Waals surface area contributed by atoms with Crippen molar-refractivity contribution in [1.29, 1.82) is 0 Å². The molecule has 0 heterocycles. The van der Waals surface area contributed by atoms with Gasteiger partial charge in [0, 0.05) is 17.9 Å². The molecule has 0 bridgehead atoms. The van der Waals surface area contributed by atoms with Gasteiger partial charge in [-0.3, -0.25) is 0 Å². The number of halogens is 1. The highest BCUT2D eigenvalue weighted by Crippen LogP contribution is 2.44. The second kappa shape index (κ2) is 10.0. The van der Waals surface area contributed by atoms with Gasteiger partial charge in [-0.25, -0.2) is 14.0 Å². The zero-order valence-electron chi connectivity index (χ0n) is 19.4. The summed E-state index contributed by atoms with van der Waals surface area (Å²) in [5.74, 6) is -1.66. The highest BCUT2D eigenvalue weighted by atomic mass is 19.1. The van der Waals surface area contributed by atoms with E-state index in [1.807, 2.05) is 48.5 Å². The molecule has 4 aromatic rings. The molecule has 1 amide bonds. The maximum atomic E-state index is 14.2. The lowest BCUT2D eigenvalue weighted by Gasteiger charge is -2.18. The van der Waals surface area contributed by atoms with Crippen LogP contribution in [0.25, 0.3) is 22.3 Å². The Morgan fingerprint density at radius 2 is 1.44 bits per heavy atom. The number of carboxylic acids is 1. The number of hydrogen-bond donors (Lipinski definition) is 2. The molecule has 5 rings (SSSR count). The molecule has 0 saturated heterocycles. The molecule has 5 nitrogen and oxygen atoms in total. The lowest BCUT2D eigenvalue weighted by molar-refractivity contribution is -0.139. The van der Waals surface area contributed by atoms with Crippen LogP contribution in [-0.4, -0.2) is 29.8 Å². The number of nitrogens with one attached hydrogen (secondary N) is 1. The third-order valence-electron chi connectivity index (χ3n) is 6.49. The number of carboxylic acid groups (broad SMARTS) is 1. The van der Waals surface area contributed by atoms with Crippen LogP contribution in [0.2, 0.25) is 0 Å². The first kappa shape index (κ1) is 23.3. The van der Waals surface area contributed by atoms with Gasteiger partial charge in [0.1, 0.15) is 18.5 Å². The molecule has 1 unspecified atom stereocenters. The second-order valence-corrected chi connectivity index (χ2v) is 8.75. The average Bonchev–Trinajstić information content (AvgIpc) is 3.21. The van der Waals surface area contributed by atoms with Gasteiger partial charge in [0.25, 0.3) is 0 Å². The number of aliphatic carboxylic acids is 1. The highest BCUT2D eigenvalue weighted by Gasteiger charge is 2.29. The summed E-state index contributed by atoms with van der Waals surface area (Å²) in [6, 6.07) is 28.2. The van der Waals surface area contributed by atoms with E-state index in [2.05, 4.69) is 5.32 Å². The fourth-order valence-electron chi connectivity index (χ4n) is 4.78. The van der Waals surface area contributed by atoms with Crippen molar-refractivity contribution >= 4 is 12.1 Å². The molecule has 1 aliphatic carbocycles. The number of hydrogen-bond acceptors (Lipinski definition) is 3. The van der Waals surface area contributed by atoms with E-state index >= 15 is 0 Å². The van der Waals surface area contributed by atoms with E-state index in [9.17, 15) is 19.1 Å². The summed E-state index contributed by atoms with van der Waals surface area (Å²) >= 11 is 0. The van der Waals surface area contributed by atoms with Crippen LogP contribution in [0, 0.1) is 5.82 Å². The maximum Gasteiger partial charge on any atom is 0.407 e. The summed E-state index contributed by atoms with van der Waals surface area (Å²) in [4.78, 5) is 24.5. The van der Waals surface area contributed by atoms with E-state index in [1.54, 1.807) is 42.5 Å². The number of rotatable bonds is 7. The number of fused-ring (bicyclic) bond motifs is 3. The van der Waals surface area contributed by atoms with Gasteiger partial charge in [-0.2, -0.15) is 0 Å². The van der Waals surface area contributed by atoms with E-state index < -0.39 is 18.1 Å². The molecule has 6 heteroatoms. The summed E-state index contributed by atoms with van der Waals surface area (Å²) in [6.07, 6.45) is -0.767. The number of alkyl carbamates (subject to hydrolysis) is 1. The maximum absolute atomic E-state index is 14.2. The Morgan fingerprint density at radius 1 is 0.833 bits per heavy atom. The molecule has 0 saturated carbocycles. The smallest absolute Gasteiger partial charge is 0.407 e. The topological polar surface area (TPSA) is 75.6 Å². The van der Waals surface area contributed by atoms with Crippen LogP contribution in [0.3, 0.4) is 0 Å². The molecule has 0 fully saturated rings. The van der Waals surface area contributed by atoms with Gasteiger partial charge in [0.15, 0.2) is 0 Å². The van der Waals surface area contributed by atoms with E-state index in [-0.39, 0.29) is 24.8 Å². The van der Waals surface area contributed by atoms with E-state index in [1.165, 1.54) is 6.07 Å². The van der Waals surface area contributed by atoms with Crippen molar-refractivity contribution < 1.29 is 23.8 Å². The minimum atomic E-state index is -1.20. The zero-order chi connectivity index (χ0) is 25.1. The summed E-state index contributed by atoms with van der Waals surface area (Å²) in [6.45, 7) is 0.0922. The van der Waals surface area contributed by atoms with Crippen LogP contribution >= 0.6 is 0 Å². The number of benzene rings is 4. The quantitative estimate of drug-likeness (QED) is 0.338. The fraction of sp³-hybridized carbons (Fsp3) is 0.133. The Bertz CT molecular complexity index is 1390. The van der Waals surface area contributed by atoms with Crippen LogP contribution in [0.15, 0.2) is 97.1 Å². The monoisotopic (exact) mass is 481 g/mol. The third kappa shape index (κ3) is 4.70. The summed E-state index contributed by atoms with van der Waals surface area (Å²) in [5.41, 5.74) is 6.09. The molecule has 180 valence electrons. The first-order chi connectivity index (χ1) is 17.5. The number of ether oxygens (including phenoxy) is 1. The predicted octanol–water partition coefficient (Wildman–Crippen LogP) is 6.03. The minimum Gasteiger partial charge on any atom is -0.480 e. The van der Waals surface area contributed by atoms with Crippen molar-refractivity contribution in [2.75, 3.05) is 6.61 Å². The van der Waals surface area contributed by atoms with Crippen LogP contribution in [-0.2, 0) is 16.0 Å². The van der Waals surface area contributed by atoms with Gasteiger partial charge < -0.3 is 15.2 Å². The normalized spacial score (nSPS) is 12.9. The van der Waals surface area contributed by atoms with Gasteiger partial charge in [-0.1, -0.05) is 91.0 Å². The van der Waals surface area contributed by atoms with E-state index in [0.717, 1.165) is 22.3 Å². The van der Waals surface area contributed by atoms with Gasteiger partial charge in [-0.15, -0.1) is 0 Å². The van der Waals surface area contributed by atoms with Crippen LogP contribution < -0.4 is 5.32 Å². The summed E-state index contributed by atoms with van der Waals surface area (Å²) in [7, 11) is 0. The lowest BCUT2D eigenvalue weighted by Crippen LogP contribution is -2.42. The standard InChI is InChI=1S/C30H24FNO4/c31-27-15-6-5-10-21(27)20-9-7-8-19(16-20)17-28(29(33)34)32-30(35)36-18-26-24-13-3-1-11-22(24)23-12-2-4-14-25(23)26/h1-16,26,28H,17-18H2,(H,32,35)(H,33,34). The number of amides is 1. The highest BCUT2D eigenvalue weighted by molar-refractivity contribution is 5.81. The first-order valence-electron chi connectivity index (χ1n) is 11.7. The summed E-state index contributed by atoms with van der Waals surface area (Å²) in [5, 5.41) is 12.2. The van der Waals surface area contributed by atoms with Crippen molar-refractivity contribution in [3.63, 3.8) is 0 Å². The van der Waals surface area contributed by atoms with Crippen LogP contribution in [0.5, 0.6) is 0 Å². The largest absolute Gasteiger partial charge is 0.480 e. The van der Waals surface area contributed by atoms with Crippen molar-refractivity contribution in [2.24, 2.45) is 0 Å². The molecule has 1 atom stereocenters. The molecular weight excluding hydrogens is 457 g/mol. The molecule has 0 aromatic heterocycles. The molecule has 0 spiro atoms. The van der Waals surface area contributed by atoms with Crippen molar-refractivity contribution in [2.45, 2.75) is 18.4 Å². The Kier molecular flexibility index (Phi) is 6.50. The molecular formula is C30H24FNO4. The Hall–Kier alpha value is -4.45. The van der Waals surface area contributed by atoms with Crippen molar-refractivity contribution in [1.82, 2.24) is 5.32 Å². The van der Waals surface area contributed by atoms with Gasteiger partial charge in [0.2, 0.25) is 0 Å². The van der Waals surface area contributed by atoms with Crippen LogP contribution in [0.4, 0.5) is 9.18 Å². The van der Waals surface area contributed by atoms with E-state index in [4.69, 9.17) is 4.74 Å². The Labute approximate surface area is 208 Å². The Morgan fingerprint density at radius 3 is 2.08 bits per heavy atom. The first-order valence-corrected chi connectivity index (χ1v) is 11.7. The Balaban J connectivity index is 1.27. The SMILES string of the molecule is O=C(NC(Cc1cccc(-c2ccccc2F)c1)C(=O)O)OCC1c2ccccc2-c2ccccc21. The molecule has 36 heavy (non-hydrogen) atoms. The predicted molar refractivity (Wildman–Crippen MR) is 135 cm³/mol. The molecule has 4 aromatic carbocycles. The zero-order valence-corrected chi connectivity index (χ0v) is 19.4. The molecule has 1 aliphatic rings. The minimum absolute atomic E-state index is 0.0296.